The Morgan fingerprint density at radius 3 is 2.39 bits per heavy atom. The molecule has 0 radical (unpaired) electrons. The Hall–Kier alpha value is -3.74. The second-order valence-electron chi connectivity index (χ2n) is 9.40. The number of carbonyl (C=O) groups excluding carboxylic acids is 2. The molecule has 2 aromatic heterocycles. The summed E-state index contributed by atoms with van der Waals surface area (Å²) in [5, 5.41) is 3.02. The van der Waals surface area contributed by atoms with Crippen molar-refractivity contribution in [1.29, 1.82) is 0 Å². The summed E-state index contributed by atoms with van der Waals surface area (Å²) in [6.45, 7) is 9.84. The number of nitrogens with one attached hydrogen (secondary N) is 1. The molecule has 0 spiro atoms. The summed E-state index contributed by atoms with van der Waals surface area (Å²) in [6, 6.07) is 9.98. The standard InChI is InChI=1S/C29H35N3O4/c1-7-19(3)28(32-12-11-18(2)13-25(32)33)29(35)31-24(15-26(34)36-6)22-14-23(17-30-16-22)27-20(4)9-8-10-21(27)5/h8-14,16-17,19,24,28H,7,15H2,1-6H3,(H,31,35). The minimum absolute atomic E-state index is 0.0594. The van der Waals surface area contributed by atoms with Gasteiger partial charge in [0.25, 0.3) is 5.56 Å². The van der Waals surface area contributed by atoms with Gasteiger partial charge in [0.2, 0.25) is 5.91 Å². The van der Waals surface area contributed by atoms with Gasteiger partial charge in [-0.05, 0) is 66.6 Å². The van der Waals surface area contributed by atoms with E-state index in [2.05, 4.69) is 10.3 Å². The molecule has 190 valence electrons. The number of benzene rings is 1. The third-order valence-electron chi connectivity index (χ3n) is 6.70. The summed E-state index contributed by atoms with van der Waals surface area (Å²) in [4.78, 5) is 43.1. The summed E-state index contributed by atoms with van der Waals surface area (Å²) >= 11 is 0. The van der Waals surface area contributed by atoms with E-state index in [0.717, 1.165) is 27.8 Å². The van der Waals surface area contributed by atoms with Crippen molar-refractivity contribution in [3.8, 4) is 11.1 Å². The van der Waals surface area contributed by atoms with Crippen LogP contribution in [0.5, 0.6) is 0 Å². The van der Waals surface area contributed by atoms with Crippen LogP contribution in [0.25, 0.3) is 11.1 Å². The second-order valence-corrected chi connectivity index (χ2v) is 9.40. The summed E-state index contributed by atoms with van der Waals surface area (Å²) in [5.41, 5.74) is 5.47. The van der Waals surface area contributed by atoms with Gasteiger partial charge in [0.05, 0.1) is 19.6 Å². The third-order valence-corrected chi connectivity index (χ3v) is 6.70. The second kappa shape index (κ2) is 11.8. The Bertz CT molecular complexity index is 1280. The first kappa shape index (κ1) is 26.9. The summed E-state index contributed by atoms with van der Waals surface area (Å²) in [7, 11) is 1.32. The number of esters is 1. The lowest BCUT2D eigenvalue weighted by Crippen LogP contribution is -2.42. The van der Waals surface area contributed by atoms with Crippen molar-refractivity contribution in [2.75, 3.05) is 7.11 Å². The van der Waals surface area contributed by atoms with Crippen molar-refractivity contribution in [3.05, 3.63) is 87.6 Å². The molecule has 0 saturated heterocycles. The lowest BCUT2D eigenvalue weighted by atomic mass is 9.94. The highest BCUT2D eigenvalue weighted by atomic mass is 16.5. The molecule has 0 aliphatic carbocycles. The molecule has 0 fully saturated rings. The fourth-order valence-electron chi connectivity index (χ4n) is 4.51. The molecule has 3 unspecified atom stereocenters. The van der Waals surface area contributed by atoms with Crippen LogP contribution < -0.4 is 10.9 Å². The molecule has 3 atom stereocenters. The highest BCUT2D eigenvalue weighted by Gasteiger charge is 2.30. The molecule has 0 aliphatic heterocycles. The van der Waals surface area contributed by atoms with Crippen molar-refractivity contribution < 1.29 is 14.3 Å². The zero-order chi connectivity index (χ0) is 26.4. The fourth-order valence-corrected chi connectivity index (χ4v) is 4.51. The summed E-state index contributed by atoms with van der Waals surface area (Å²) < 4.78 is 6.39. The van der Waals surface area contributed by atoms with Gasteiger partial charge in [0, 0.05) is 30.2 Å². The monoisotopic (exact) mass is 489 g/mol. The van der Waals surface area contributed by atoms with Gasteiger partial charge >= 0.3 is 5.97 Å². The quantitative estimate of drug-likeness (QED) is 0.434. The zero-order valence-corrected chi connectivity index (χ0v) is 21.9. The highest BCUT2D eigenvalue weighted by molar-refractivity contribution is 5.82. The molecule has 0 bridgehead atoms. The summed E-state index contributed by atoms with van der Waals surface area (Å²) in [6.07, 6.45) is 5.73. The van der Waals surface area contributed by atoms with Crippen LogP contribution in [0.2, 0.25) is 0 Å². The smallest absolute Gasteiger partial charge is 0.307 e. The number of rotatable bonds is 9. The Morgan fingerprint density at radius 1 is 1.08 bits per heavy atom. The van der Waals surface area contributed by atoms with Crippen molar-refractivity contribution >= 4 is 11.9 Å². The Kier molecular flexibility index (Phi) is 8.80. The number of carbonyl (C=O) groups is 2. The predicted molar refractivity (Wildman–Crippen MR) is 141 cm³/mol. The maximum absolute atomic E-state index is 13.7. The predicted octanol–water partition coefficient (Wildman–Crippen LogP) is 4.84. The molecular weight excluding hydrogens is 454 g/mol. The number of hydrogen-bond donors (Lipinski definition) is 1. The molecular formula is C29H35N3O4. The molecule has 3 rings (SSSR count). The van der Waals surface area contributed by atoms with Gasteiger partial charge < -0.3 is 14.6 Å². The van der Waals surface area contributed by atoms with Gasteiger partial charge in [-0.2, -0.15) is 0 Å². The van der Waals surface area contributed by atoms with Crippen LogP contribution in [-0.2, 0) is 14.3 Å². The zero-order valence-electron chi connectivity index (χ0n) is 21.9. The minimum atomic E-state index is -0.724. The van der Waals surface area contributed by atoms with Gasteiger partial charge in [0.15, 0.2) is 0 Å². The number of amides is 1. The molecule has 0 saturated carbocycles. The number of methoxy groups -OCH3 is 1. The molecule has 1 amide bonds. The van der Waals surface area contributed by atoms with E-state index in [1.54, 1.807) is 18.6 Å². The molecule has 0 aliphatic rings. The fraction of sp³-hybridized carbons (Fsp3) is 0.379. The average molecular weight is 490 g/mol. The number of ether oxygens (including phenoxy) is 1. The minimum Gasteiger partial charge on any atom is -0.469 e. The molecule has 7 heteroatoms. The van der Waals surface area contributed by atoms with E-state index < -0.39 is 18.1 Å². The molecule has 1 N–H and O–H groups in total. The SMILES string of the molecule is CCC(C)C(C(=O)NC(CC(=O)OC)c1cncc(-c2c(C)cccc2C)c1)n1ccc(C)cc1=O. The first-order valence-electron chi connectivity index (χ1n) is 12.2. The van der Waals surface area contributed by atoms with Crippen LogP contribution in [0, 0.1) is 26.7 Å². The third kappa shape index (κ3) is 6.08. The van der Waals surface area contributed by atoms with Crippen molar-refractivity contribution in [2.45, 2.75) is 59.5 Å². The van der Waals surface area contributed by atoms with Gasteiger partial charge in [-0.1, -0.05) is 38.5 Å². The Labute approximate surface area is 212 Å². The van der Waals surface area contributed by atoms with E-state index in [0.29, 0.717) is 12.0 Å². The van der Waals surface area contributed by atoms with Gasteiger partial charge in [-0.15, -0.1) is 0 Å². The van der Waals surface area contributed by atoms with Crippen LogP contribution in [0.15, 0.2) is 59.8 Å². The lowest BCUT2D eigenvalue weighted by Gasteiger charge is -2.27. The molecule has 36 heavy (non-hydrogen) atoms. The van der Waals surface area contributed by atoms with E-state index in [-0.39, 0.29) is 23.8 Å². The van der Waals surface area contributed by atoms with Crippen molar-refractivity contribution in [3.63, 3.8) is 0 Å². The van der Waals surface area contributed by atoms with E-state index in [1.807, 2.05) is 65.0 Å². The maximum atomic E-state index is 13.7. The highest BCUT2D eigenvalue weighted by Crippen LogP contribution is 2.30. The van der Waals surface area contributed by atoms with Crippen LogP contribution in [0.1, 0.15) is 61.0 Å². The largest absolute Gasteiger partial charge is 0.469 e. The number of aryl methyl sites for hydroxylation is 3. The van der Waals surface area contributed by atoms with Crippen molar-refractivity contribution in [2.24, 2.45) is 5.92 Å². The van der Waals surface area contributed by atoms with Crippen LogP contribution in [0.4, 0.5) is 0 Å². The topological polar surface area (TPSA) is 90.3 Å². The molecule has 2 heterocycles. The average Bonchev–Trinajstić information content (AvgIpc) is 2.85. The Morgan fingerprint density at radius 2 is 1.78 bits per heavy atom. The van der Waals surface area contributed by atoms with Gasteiger partial charge in [-0.3, -0.25) is 19.4 Å². The molecule has 3 aromatic rings. The van der Waals surface area contributed by atoms with E-state index in [4.69, 9.17) is 4.74 Å². The normalized spacial score (nSPS) is 13.5. The van der Waals surface area contributed by atoms with E-state index in [1.165, 1.54) is 17.7 Å². The first-order valence-corrected chi connectivity index (χ1v) is 12.2. The number of aromatic nitrogens is 2. The Balaban J connectivity index is 2.02. The molecule has 1 aromatic carbocycles. The lowest BCUT2D eigenvalue weighted by molar-refractivity contribution is -0.141. The maximum Gasteiger partial charge on any atom is 0.307 e. The molecule has 7 nitrogen and oxygen atoms in total. The van der Waals surface area contributed by atoms with E-state index in [9.17, 15) is 14.4 Å². The number of nitrogens with zero attached hydrogens (tertiary/aromatic N) is 2. The number of hydrogen-bond acceptors (Lipinski definition) is 5. The summed E-state index contributed by atoms with van der Waals surface area (Å²) in [5.74, 6) is -0.893. The van der Waals surface area contributed by atoms with E-state index >= 15 is 0 Å². The van der Waals surface area contributed by atoms with Gasteiger partial charge in [0.1, 0.15) is 6.04 Å². The van der Waals surface area contributed by atoms with Gasteiger partial charge in [-0.25, -0.2) is 0 Å². The van der Waals surface area contributed by atoms with Crippen LogP contribution >= 0.6 is 0 Å². The van der Waals surface area contributed by atoms with Crippen molar-refractivity contribution in [1.82, 2.24) is 14.9 Å². The van der Waals surface area contributed by atoms with Crippen LogP contribution in [-0.4, -0.2) is 28.5 Å². The van der Waals surface area contributed by atoms with Crippen LogP contribution in [0.3, 0.4) is 0 Å². The number of pyridine rings is 2. The first-order chi connectivity index (χ1) is 17.2.